The van der Waals surface area contributed by atoms with Crippen molar-refractivity contribution >= 4 is 5.91 Å². The van der Waals surface area contributed by atoms with Gasteiger partial charge in [0.2, 0.25) is 5.91 Å². The van der Waals surface area contributed by atoms with Gasteiger partial charge in [-0.2, -0.15) is 0 Å². The Bertz CT molecular complexity index is 269. The molecule has 1 aliphatic heterocycles. The molecule has 1 N–H and O–H groups in total. The van der Waals surface area contributed by atoms with Gasteiger partial charge in [-0.3, -0.25) is 9.69 Å². The Morgan fingerprint density at radius 1 is 1.47 bits per heavy atom. The molecule has 0 aromatic rings. The van der Waals surface area contributed by atoms with Gasteiger partial charge in [-0.1, -0.05) is 13.8 Å². The SMILES string of the molecule is CCC(CC)N(CCO)CC(=O)N1CCOC(C)C1. The van der Waals surface area contributed by atoms with E-state index in [2.05, 4.69) is 18.7 Å². The molecule has 0 aromatic carbocycles. The molecule has 1 rings (SSSR count). The van der Waals surface area contributed by atoms with E-state index >= 15 is 0 Å². The first kappa shape index (κ1) is 16.4. The molecule has 1 amide bonds. The average Bonchev–Trinajstić information content (AvgIpc) is 2.40. The molecule has 5 heteroatoms. The number of aliphatic hydroxyl groups is 1. The van der Waals surface area contributed by atoms with E-state index < -0.39 is 0 Å². The van der Waals surface area contributed by atoms with Gasteiger partial charge < -0.3 is 14.7 Å². The lowest BCUT2D eigenvalue weighted by Gasteiger charge is -2.35. The summed E-state index contributed by atoms with van der Waals surface area (Å²) in [5.41, 5.74) is 0. The number of aliphatic hydroxyl groups excluding tert-OH is 1. The minimum absolute atomic E-state index is 0.100. The van der Waals surface area contributed by atoms with Crippen LogP contribution < -0.4 is 0 Å². The van der Waals surface area contributed by atoms with Crippen molar-refractivity contribution in [2.75, 3.05) is 39.4 Å². The second kappa shape index (κ2) is 8.51. The standard InChI is InChI=1S/C14H28N2O3/c1-4-13(5-2)15(6-8-17)11-14(18)16-7-9-19-12(3)10-16/h12-13,17H,4-11H2,1-3H3. The summed E-state index contributed by atoms with van der Waals surface area (Å²) in [5.74, 6) is 0.149. The van der Waals surface area contributed by atoms with E-state index in [1.165, 1.54) is 0 Å². The van der Waals surface area contributed by atoms with Crippen molar-refractivity contribution in [2.45, 2.75) is 45.8 Å². The highest BCUT2D eigenvalue weighted by atomic mass is 16.5. The minimum atomic E-state index is 0.100. The van der Waals surface area contributed by atoms with E-state index in [-0.39, 0.29) is 18.6 Å². The molecule has 1 atom stereocenters. The fourth-order valence-corrected chi connectivity index (χ4v) is 2.64. The van der Waals surface area contributed by atoms with Crippen LogP contribution in [-0.2, 0) is 9.53 Å². The monoisotopic (exact) mass is 272 g/mol. The van der Waals surface area contributed by atoms with Gasteiger partial charge in [0.15, 0.2) is 0 Å². The Morgan fingerprint density at radius 2 is 2.16 bits per heavy atom. The first-order chi connectivity index (χ1) is 9.12. The topological polar surface area (TPSA) is 53.0 Å². The molecule has 1 unspecified atom stereocenters. The van der Waals surface area contributed by atoms with Crippen LogP contribution in [0.4, 0.5) is 0 Å². The van der Waals surface area contributed by atoms with E-state index in [0.717, 1.165) is 12.8 Å². The summed E-state index contributed by atoms with van der Waals surface area (Å²) in [6.45, 7) is 9.29. The largest absolute Gasteiger partial charge is 0.395 e. The van der Waals surface area contributed by atoms with Crippen LogP contribution in [0.3, 0.4) is 0 Å². The second-order valence-corrected chi connectivity index (χ2v) is 5.19. The van der Waals surface area contributed by atoms with Gasteiger partial charge in [0.1, 0.15) is 0 Å². The maximum absolute atomic E-state index is 12.3. The van der Waals surface area contributed by atoms with Gasteiger partial charge in [-0.05, 0) is 19.8 Å². The van der Waals surface area contributed by atoms with Gasteiger partial charge in [-0.15, -0.1) is 0 Å². The Kier molecular flexibility index (Phi) is 7.34. The fraction of sp³-hybridized carbons (Fsp3) is 0.929. The zero-order valence-electron chi connectivity index (χ0n) is 12.5. The first-order valence-electron chi connectivity index (χ1n) is 7.36. The molecule has 0 spiro atoms. The predicted molar refractivity (Wildman–Crippen MR) is 75.0 cm³/mol. The quantitative estimate of drug-likeness (QED) is 0.742. The number of nitrogens with zero attached hydrogens (tertiary/aromatic N) is 2. The summed E-state index contributed by atoms with van der Waals surface area (Å²) in [6, 6.07) is 0.370. The van der Waals surface area contributed by atoms with Crippen LogP contribution in [0, 0.1) is 0 Å². The van der Waals surface area contributed by atoms with E-state index in [1.807, 2.05) is 11.8 Å². The number of amides is 1. The number of morpholine rings is 1. The number of ether oxygens (including phenoxy) is 1. The maximum Gasteiger partial charge on any atom is 0.236 e. The van der Waals surface area contributed by atoms with Crippen LogP contribution in [0.2, 0.25) is 0 Å². The molecule has 5 nitrogen and oxygen atoms in total. The molecule has 1 fully saturated rings. The van der Waals surface area contributed by atoms with Crippen molar-refractivity contribution in [1.29, 1.82) is 0 Å². The third-order valence-electron chi connectivity index (χ3n) is 3.78. The second-order valence-electron chi connectivity index (χ2n) is 5.19. The van der Waals surface area contributed by atoms with Crippen molar-refractivity contribution < 1.29 is 14.6 Å². The molecular formula is C14H28N2O3. The third-order valence-corrected chi connectivity index (χ3v) is 3.78. The maximum atomic E-state index is 12.3. The Morgan fingerprint density at radius 3 is 2.68 bits per heavy atom. The van der Waals surface area contributed by atoms with Gasteiger partial charge >= 0.3 is 0 Å². The zero-order chi connectivity index (χ0) is 14.3. The molecule has 19 heavy (non-hydrogen) atoms. The van der Waals surface area contributed by atoms with Crippen LogP contribution in [0.25, 0.3) is 0 Å². The molecule has 0 bridgehead atoms. The molecule has 0 radical (unpaired) electrons. The predicted octanol–water partition coefficient (Wildman–Crippen LogP) is 0.717. The van der Waals surface area contributed by atoms with Crippen LogP contribution in [0.15, 0.2) is 0 Å². The van der Waals surface area contributed by atoms with Crippen molar-refractivity contribution in [3.63, 3.8) is 0 Å². The number of carbonyl (C=O) groups excluding carboxylic acids is 1. The summed E-state index contributed by atoms with van der Waals surface area (Å²) in [5, 5.41) is 9.16. The zero-order valence-corrected chi connectivity index (χ0v) is 12.5. The molecule has 0 aliphatic carbocycles. The van der Waals surface area contributed by atoms with E-state index in [0.29, 0.717) is 38.8 Å². The molecule has 0 aromatic heterocycles. The summed E-state index contributed by atoms with van der Waals surface area (Å²) in [6.07, 6.45) is 2.13. The molecule has 1 aliphatic rings. The average molecular weight is 272 g/mol. The number of carbonyl (C=O) groups is 1. The van der Waals surface area contributed by atoms with Gasteiger partial charge in [0, 0.05) is 25.7 Å². The number of rotatable bonds is 7. The summed E-state index contributed by atoms with van der Waals surface area (Å²) in [4.78, 5) is 16.3. The third kappa shape index (κ3) is 5.09. The molecule has 1 saturated heterocycles. The van der Waals surface area contributed by atoms with E-state index in [1.54, 1.807) is 0 Å². The van der Waals surface area contributed by atoms with Crippen LogP contribution >= 0.6 is 0 Å². The normalized spacial score (nSPS) is 20.3. The minimum Gasteiger partial charge on any atom is -0.395 e. The van der Waals surface area contributed by atoms with Crippen molar-refractivity contribution in [2.24, 2.45) is 0 Å². The Labute approximate surface area is 116 Å². The summed E-state index contributed by atoms with van der Waals surface area (Å²) >= 11 is 0. The molecule has 1 heterocycles. The molecular weight excluding hydrogens is 244 g/mol. The van der Waals surface area contributed by atoms with Crippen LogP contribution in [0.1, 0.15) is 33.6 Å². The highest BCUT2D eigenvalue weighted by Crippen LogP contribution is 2.10. The lowest BCUT2D eigenvalue weighted by Crippen LogP contribution is -2.50. The highest BCUT2D eigenvalue weighted by Gasteiger charge is 2.24. The summed E-state index contributed by atoms with van der Waals surface area (Å²) in [7, 11) is 0. The molecule has 0 saturated carbocycles. The lowest BCUT2D eigenvalue weighted by atomic mass is 10.1. The highest BCUT2D eigenvalue weighted by molar-refractivity contribution is 5.78. The van der Waals surface area contributed by atoms with Crippen LogP contribution in [-0.4, -0.2) is 72.4 Å². The molecule has 112 valence electrons. The Balaban J connectivity index is 2.54. The van der Waals surface area contributed by atoms with E-state index in [9.17, 15) is 4.79 Å². The Hall–Kier alpha value is -0.650. The first-order valence-corrected chi connectivity index (χ1v) is 7.36. The van der Waals surface area contributed by atoms with E-state index in [4.69, 9.17) is 9.84 Å². The van der Waals surface area contributed by atoms with Gasteiger partial charge in [-0.25, -0.2) is 0 Å². The van der Waals surface area contributed by atoms with Crippen molar-refractivity contribution in [1.82, 2.24) is 9.80 Å². The smallest absolute Gasteiger partial charge is 0.236 e. The lowest BCUT2D eigenvalue weighted by molar-refractivity contribution is -0.140. The van der Waals surface area contributed by atoms with Crippen molar-refractivity contribution in [3.8, 4) is 0 Å². The fourth-order valence-electron chi connectivity index (χ4n) is 2.64. The number of hydrogen-bond donors (Lipinski definition) is 1. The summed E-state index contributed by atoms with van der Waals surface area (Å²) < 4.78 is 5.45. The number of hydrogen-bond acceptors (Lipinski definition) is 4. The van der Waals surface area contributed by atoms with Gasteiger partial charge in [0.05, 0.1) is 25.9 Å². The van der Waals surface area contributed by atoms with Gasteiger partial charge in [0.25, 0.3) is 0 Å². The van der Waals surface area contributed by atoms with Crippen LogP contribution in [0.5, 0.6) is 0 Å². The van der Waals surface area contributed by atoms with Crippen molar-refractivity contribution in [3.05, 3.63) is 0 Å².